The number of carbonyl (C=O) groups excluding carboxylic acids is 2. The molecular weight excluding hydrogens is 288 g/mol. The lowest BCUT2D eigenvalue weighted by Crippen LogP contribution is -2.56. The van der Waals surface area contributed by atoms with E-state index >= 15 is 0 Å². The molecule has 2 atom stereocenters. The summed E-state index contributed by atoms with van der Waals surface area (Å²) in [5, 5.41) is 17.2. The highest BCUT2D eigenvalue weighted by Gasteiger charge is 2.58. The van der Waals surface area contributed by atoms with Gasteiger partial charge < -0.3 is 15.2 Å². The van der Waals surface area contributed by atoms with Crippen LogP contribution in [0.25, 0.3) is 0 Å². The van der Waals surface area contributed by atoms with Gasteiger partial charge in [-0.05, 0) is 26.3 Å². The molecular formula is C14H22N4O4. The average Bonchev–Trinajstić information content (AvgIpc) is 2.94. The molecule has 122 valence electrons. The molecule has 1 aromatic heterocycles. The van der Waals surface area contributed by atoms with E-state index in [1.54, 1.807) is 27.0 Å². The smallest absolute Gasteiger partial charge is 0.412 e. The summed E-state index contributed by atoms with van der Waals surface area (Å²) in [6.45, 7) is 5.44. The quantitative estimate of drug-likeness (QED) is 0.824. The molecule has 1 aliphatic heterocycles. The highest BCUT2D eigenvalue weighted by molar-refractivity contribution is 5.92. The van der Waals surface area contributed by atoms with Crippen molar-refractivity contribution in [3.05, 3.63) is 18.0 Å². The standard InChI is InChI=1S/C14H22N4O4/c1-5-13(2)14(3,21)18(12(20)22-13)9-8-15-11(19)10-6-7-16-17(10)4/h6-7,21H,5,8-9H2,1-4H3,(H,15,19)/t13-,14-/m0/s1. The number of ether oxygens (including phenoxy) is 1. The van der Waals surface area contributed by atoms with E-state index in [9.17, 15) is 14.7 Å². The number of aryl methyl sites for hydroxylation is 1. The van der Waals surface area contributed by atoms with Crippen LogP contribution in [0.15, 0.2) is 12.3 Å². The van der Waals surface area contributed by atoms with Gasteiger partial charge in [0.25, 0.3) is 5.91 Å². The summed E-state index contributed by atoms with van der Waals surface area (Å²) in [5.74, 6) is -0.287. The molecule has 2 amide bonds. The maximum Gasteiger partial charge on any atom is 0.412 e. The molecule has 0 bridgehead atoms. The first-order valence-electron chi connectivity index (χ1n) is 7.22. The zero-order valence-corrected chi connectivity index (χ0v) is 13.3. The fourth-order valence-electron chi connectivity index (χ4n) is 2.49. The summed E-state index contributed by atoms with van der Waals surface area (Å²) in [6, 6.07) is 1.60. The van der Waals surface area contributed by atoms with Crippen LogP contribution >= 0.6 is 0 Å². The SMILES string of the molecule is CC[C@]1(C)OC(=O)N(CCNC(=O)c2ccnn2C)[C@@]1(C)O. The van der Waals surface area contributed by atoms with E-state index in [1.807, 2.05) is 6.92 Å². The number of aromatic nitrogens is 2. The van der Waals surface area contributed by atoms with E-state index in [1.165, 1.54) is 15.8 Å². The highest BCUT2D eigenvalue weighted by Crippen LogP contribution is 2.39. The first-order chi connectivity index (χ1) is 10.2. The van der Waals surface area contributed by atoms with E-state index in [4.69, 9.17) is 4.74 Å². The van der Waals surface area contributed by atoms with Crippen LogP contribution in [0.5, 0.6) is 0 Å². The second-order valence-corrected chi connectivity index (χ2v) is 5.72. The number of nitrogens with one attached hydrogen (secondary N) is 1. The number of cyclic esters (lactones) is 1. The van der Waals surface area contributed by atoms with Crippen molar-refractivity contribution in [3.63, 3.8) is 0 Å². The molecule has 8 nitrogen and oxygen atoms in total. The number of aliphatic hydroxyl groups is 1. The van der Waals surface area contributed by atoms with Gasteiger partial charge >= 0.3 is 6.09 Å². The maximum absolute atomic E-state index is 12.0. The molecule has 0 unspecified atom stereocenters. The Labute approximate surface area is 129 Å². The van der Waals surface area contributed by atoms with Gasteiger partial charge in [0.1, 0.15) is 5.69 Å². The summed E-state index contributed by atoms with van der Waals surface area (Å²) in [7, 11) is 1.67. The largest absolute Gasteiger partial charge is 0.438 e. The second-order valence-electron chi connectivity index (χ2n) is 5.72. The number of rotatable bonds is 5. The van der Waals surface area contributed by atoms with E-state index < -0.39 is 17.4 Å². The normalized spacial score (nSPS) is 27.9. The third-order valence-electron chi connectivity index (χ3n) is 4.41. The molecule has 2 N–H and O–H groups in total. The molecule has 1 saturated heterocycles. The predicted molar refractivity (Wildman–Crippen MR) is 78.0 cm³/mol. The van der Waals surface area contributed by atoms with Crippen LogP contribution < -0.4 is 5.32 Å². The molecule has 0 aliphatic carbocycles. The zero-order valence-electron chi connectivity index (χ0n) is 13.3. The topological polar surface area (TPSA) is 96.7 Å². The minimum Gasteiger partial charge on any atom is -0.438 e. The van der Waals surface area contributed by atoms with Gasteiger partial charge in [0, 0.05) is 26.3 Å². The number of hydrogen-bond acceptors (Lipinski definition) is 5. The van der Waals surface area contributed by atoms with Gasteiger partial charge in [-0.3, -0.25) is 14.4 Å². The molecule has 0 radical (unpaired) electrons. The predicted octanol–water partition coefficient (Wildman–Crippen LogP) is 0.479. The number of carbonyl (C=O) groups is 2. The molecule has 2 heterocycles. The van der Waals surface area contributed by atoms with Crippen molar-refractivity contribution in [1.29, 1.82) is 0 Å². The van der Waals surface area contributed by atoms with Crippen LogP contribution in [-0.2, 0) is 11.8 Å². The molecule has 0 aromatic carbocycles. The Balaban J connectivity index is 1.96. The molecule has 0 spiro atoms. The Bertz CT molecular complexity index is 583. The van der Waals surface area contributed by atoms with Crippen LogP contribution in [0.4, 0.5) is 4.79 Å². The van der Waals surface area contributed by atoms with Gasteiger partial charge in [0.2, 0.25) is 0 Å². The van der Waals surface area contributed by atoms with Crippen molar-refractivity contribution in [2.75, 3.05) is 13.1 Å². The first-order valence-corrected chi connectivity index (χ1v) is 7.22. The third kappa shape index (κ3) is 2.54. The second kappa shape index (κ2) is 5.60. The van der Waals surface area contributed by atoms with Gasteiger partial charge in [0.05, 0.1) is 0 Å². The average molecular weight is 310 g/mol. The Morgan fingerprint density at radius 2 is 2.18 bits per heavy atom. The van der Waals surface area contributed by atoms with Crippen molar-refractivity contribution < 1.29 is 19.4 Å². The summed E-state index contributed by atoms with van der Waals surface area (Å²) in [6.07, 6.45) is 1.44. The van der Waals surface area contributed by atoms with Crippen LogP contribution in [0, 0.1) is 0 Å². The minimum absolute atomic E-state index is 0.158. The Morgan fingerprint density at radius 3 is 2.68 bits per heavy atom. The van der Waals surface area contributed by atoms with Crippen LogP contribution in [-0.4, -0.2) is 56.2 Å². The van der Waals surface area contributed by atoms with Crippen molar-refractivity contribution in [1.82, 2.24) is 20.0 Å². The van der Waals surface area contributed by atoms with Crippen molar-refractivity contribution in [2.45, 2.75) is 38.5 Å². The van der Waals surface area contributed by atoms with Crippen LogP contribution in [0.1, 0.15) is 37.7 Å². The summed E-state index contributed by atoms with van der Waals surface area (Å²) in [5.41, 5.74) is -1.96. The Kier molecular flexibility index (Phi) is 4.15. The van der Waals surface area contributed by atoms with E-state index in [0.29, 0.717) is 12.1 Å². The van der Waals surface area contributed by atoms with Crippen LogP contribution in [0.2, 0.25) is 0 Å². The monoisotopic (exact) mass is 310 g/mol. The molecule has 22 heavy (non-hydrogen) atoms. The lowest BCUT2D eigenvalue weighted by atomic mass is 9.91. The van der Waals surface area contributed by atoms with Gasteiger partial charge in [0.15, 0.2) is 11.3 Å². The molecule has 2 rings (SSSR count). The fraction of sp³-hybridized carbons (Fsp3) is 0.643. The maximum atomic E-state index is 12.0. The van der Waals surface area contributed by atoms with Gasteiger partial charge in [-0.2, -0.15) is 5.10 Å². The van der Waals surface area contributed by atoms with E-state index in [0.717, 1.165) is 0 Å². The number of nitrogens with zero attached hydrogens (tertiary/aromatic N) is 3. The summed E-state index contributed by atoms with van der Waals surface area (Å²) in [4.78, 5) is 25.1. The van der Waals surface area contributed by atoms with Gasteiger partial charge in [-0.1, -0.05) is 6.92 Å². The Hall–Kier alpha value is -2.09. The summed E-state index contributed by atoms with van der Waals surface area (Å²) < 4.78 is 6.75. The molecule has 1 aromatic rings. The molecule has 1 aliphatic rings. The highest BCUT2D eigenvalue weighted by atomic mass is 16.6. The minimum atomic E-state index is -1.42. The van der Waals surface area contributed by atoms with Crippen molar-refractivity contribution >= 4 is 12.0 Å². The lowest BCUT2D eigenvalue weighted by Gasteiger charge is -2.36. The van der Waals surface area contributed by atoms with Crippen molar-refractivity contribution in [3.8, 4) is 0 Å². The molecule has 1 fully saturated rings. The lowest BCUT2D eigenvalue weighted by molar-refractivity contribution is -0.136. The van der Waals surface area contributed by atoms with Gasteiger partial charge in [-0.25, -0.2) is 4.79 Å². The first kappa shape index (κ1) is 16.3. The number of hydrogen-bond donors (Lipinski definition) is 2. The fourth-order valence-corrected chi connectivity index (χ4v) is 2.49. The molecule has 8 heteroatoms. The summed E-state index contributed by atoms with van der Waals surface area (Å²) >= 11 is 0. The van der Waals surface area contributed by atoms with Gasteiger partial charge in [-0.15, -0.1) is 0 Å². The number of amides is 2. The third-order valence-corrected chi connectivity index (χ3v) is 4.41. The molecule has 0 saturated carbocycles. The van der Waals surface area contributed by atoms with Crippen molar-refractivity contribution in [2.24, 2.45) is 7.05 Å². The van der Waals surface area contributed by atoms with E-state index in [2.05, 4.69) is 10.4 Å². The van der Waals surface area contributed by atoms with E-state index in [-0.39, 0.29) is 19.0 Å². The Morgan fingerprint density at radius 1 is 1.50 bits per heavy atom. The zero-order chi connectivity index (χ0) is 16.5. The van der Waals surface area contributed by atoms with Crippen LogP contribution in [0.3, 0.4) is 0 Å².